The third-order valence-electron chi connectivity index (χ3n) is 2.64. The summed E-state index contributed by atoms with van der Waals surface area (Å²) in [6.07, 6.45) is 0.669. The van der Waals surface area contributed by atoms with E-state index in [2.05, 4.69) is 19.1 Å². The summed E-state index contributed by atoms with van der Waals surface area (Å²) >= 11 is 6.08. The molecule has 16 heavy (non-hydrogen) atoms. The fourth-order valence-electron chi connectivity index (χ4n) is 1.61. The lowest BCUT2D eigenvalue weighted by atomic mass is 9.96. The summed E-state index contributed by atoms with van der Waals surface area (Å²) in [6.45, 7) is 2.09. The Morgan fingerprint density at radius 1 is 1.31 bits per heavy atom. The number of hydrogen-bond acceptors (Lipinski definition) is 1. The summed E-state index contributed by atoms with van der Waals surface area (Å²) < 4.78 is 0. The van der Waals surface area contributed by atoms with Gasteiger partial charge in [-0.3, -0.25) is 4.79 Å². The van der Waals surface area contributed by atoms with Gasteiger partial charge in [0.15, 0.2) is 0 Å². The van der Waals surface area contributed by atoms with Gasteiger partial charge in [-0.15, -0.1) is 11.6 Å². The zero-order valence-electron chi connectivity index (χ0n) is 9.98. The molecule has 0 bridgehead atoms. The van der Waals surface area contributed by atoms with E-state index in [-0.39, 0.29) is 5.91 Å². The number of halogens is 1. The molecule has 1 amide bonds. The molecular formula is C13H18ClNO. The molecular weight excluding hydrogens is 222 g/mol. The molecule has 0 heterocycles. The SMILES string of the molecule is CC(CC(Cl)C(=O)N(C)C)c1ccccc1. The number of rotatable bonds is 4. The monoisotopic (exact) mass is 239 g/mol. The summed E-state index contributed by atoms with van der Waals surface area (Å²) in [6, 6.07) is 10.1. The molecule has 0 aromatic heterocycles. The Morgan fingerprint density at radius 2 is 1.88 bits per heavy atom. The van der Waals surface area contributed by atoms with Crippen molar-refractivity contribution in [1.29, 1.82) is 0 Å². The van der Waals surface area contributed by atoms with E-state index in [0.717, 1.165) is 0 Å². The first kappa shape index (κ1) is 13.0. The molecule has 0 aliphatic carbocycles. The minimum Gasteiger partial charge on any atom is -0.348 e. The molecule has 0 aliphatic heterocycles. The van der Waals surface area contributed by atoms with Gasteiger partial charge in [0.1, 0.15) is 5.38 Å². The second-order valence-electron chi connectivity index (χ2n) is 4.25. The molecule has 0 spiro atoms. The number of nitrogens with zero attached hydrogens (tertiary/aromatic N) is 1. The van der Waals surface area contributed by atoms with Crippen LogP contribution in [0.15, 0.2) is 30.3 Å². The number of alkyl halides is 1. The van der Waals surface area contributed by atoms with Crippen LogP contribution in [0.5, 0.6) is 0 Å². The second kappa shape index (κ2) is 5.90. The normalized spacial score (nSPS) is 14.2. The van der Waals surface area contributed by atoms with Gasteiger partial charge in [0.2, 0.25) is 5.91 Å². The topological polar surface area (TPSA) is 20.3 Å². The summed E-state index contributed by atoms with van der Waals surface area (Å²) in [5, 5.41) is -0.440. The Morgan fingerprint density at radius 3 is 2.38 bits per heavy atom. The van der Waals surface area contributed by atoms with Crippen LogP contribution in [0.2, 0.25) is 0 Å². The van der Waals surface area contributed by atoms with Crippen LogP contribution in [-0.2, 0) is 4.79 Å². The maximum atomic E-state index is 11.6. The first-order chi connectivity index (χ1) is 7.52. The number of benzene rings is 1. The molecule has 88 valence electrons. The van der Waals surface area contributed by atoms with Gasteiger partial charge in [0.25, 0.3) is 0 Å². The van der Waals surface area contributed by atoms with Crippen molar-refractivity contribution in [1.82, 2.24) is 4.90 Å². The Hall–Kier alpha value is -1.02. The Labute approximate surface area is 102 Å². The van der Waals surface area contributed by atoms with Crippen LogP contribution in [0.3, 0.4) is 0 Å². The molecule has 2 atom stereocenters. The van der Waals surface area contributed by atoms with Crippen molar-refractivity contribution in [3.8, 4) is 0 Å². The molecule has 0 N–H and O–H groups in total. The molecule has 0 saturated carbocycles. The highest BCUT2D eigenvalue weighted by atomic mass is 35.5. The average Bonchev–Trinajstić information content (AvgIpc) is 2.28. The molecule has 1 aromatic rings. The standard InChI is InChI=1S/C13H18ClNO/c1-10(11-7-5-4-6-8-11)9-12(14)13(16)15(2)3/h4-8,10,12H,9H2,1-3H3. The Kier molecular flexibility index (Phi) is 4.81. The van der Waals surface area contributed by atoms with Crippen LogP contribution in [0.1, 0.15) is 24.8 Å². The first-order valence-electron chi connectivity index (χ1n) is 5.42. The van der Waals surface area contributed by atoms with E-state index in [1.165, 1.54) is 10.5 Å². The van der Waals surface area contributed by atoms with Crippen LogP contribution in [-0.4, -0.2) is 30.3 Å². The van der Waals surface area contributed by atoms with Gasteiger partial charge < -0.3 is 4.90 Å². The molecule has 0 radical (unpaired) electrons. The third kappa shape index (κ3) is 3.53. The molecule has 0 saturated heterocycles. The lowest BCUT2D eigenvalue weighted by molar-refractivity contribution is -0.128. The van der Waals surface area contributed by atoms with Crippen molar-refractivity contribution in [2.75, 3.05) is 14.1 Å². The molecule has 0 fully saturated rings. The minimum atomic E-state index is -0.440. The first-order valence-corrected chi connectivity index (χ1v) is 5.86. The zero-order valence-corrected chi connectivity index (χ0v) is 10.7. The largest absolute Gasteiger partial charge is 0.348 e. The van der Waals surface area contributed by atoms with Crippen molar-refractivity contribution in [2.45, 2.75) is 24.6 Å². The van der Waals surface area contributed by atoms with E-state index < -0.39 is 5.38 Å². The lowest BCUT2D eigenvalue weighted by Gasteiger charge is -2.18. The van der Waals surface area contributed by atoms with E-state index in [1.54, 1.807) is 14.1 Å². The number of carbonyl (C=O) groups is 1. The predicted molar refractivity (Wildman–Crippen MR) is 67.8 cm³/mol. The predicted octanol–water partition coefficient (Wildman–Crippen LogP) is 2.88. The van der Waals surface area contributed by atoms with E-state index in [0.29, 0.717) is 12.3 Å². The smallest absolute Gasteiger partial charge is 0.240 e. The number of hydrogen-bond donors (Lipinski definition) is 0. The van der Waals surface area contributed by atoms with Gasteiger partial charge in [-0.25, -0.2) is 0 Å². The molecule has 2 unspecified atom stereocenters. The van der Waals surface area contributed by atoms with E-state index in [4.69, 9.17) is 11.6 Å². The van der Waals surface area contributed by atoms with Gasteiger partial charge in [0, 0.05) is 14.1 Å². The minimum absolute atomic E-state index is 0.0237. The van der Waals surface area contributed by atoms with Crippen LogP contribution in [0.25, 0.3) is 0 Å². The van der Waals surface area contributed by atoms with Crippen molar-refractivity contribution in [2.24, 2.45) is 0 Å². The van der Waals surface area contributed by atoms with Crippen LogP contribution < -0.4 is 0 Å². The zero-order chi connectivity index (χ0) is 12.1. The van der Waals surface area contributed by atoms with Gasteiger partial charge in [0.05, 0.1) is 0 Å². The highest BCUT2D eigenvalue weighted by Crippen LogP contribution is 2.23. The van der Waals surface area contributed by atoms with E-state index in [9.17, 15) is 4.79 Å². The Bertz CT molecular complexity index is 337. The maximum Gasteiger partial charge on any atom is 0.240 e. The summed E-state index contributed by atoms with van der Waals surface area (Å²) in [4.78, 5) is 13.1. The highest BCUT2D eigenvalue weighted by molar-refractivity contribution is 6.30. The molecule has 0 aliphatic rings. The van der Waals surface area contributed by atoms with Gasteiger partial charge in [-0.1, -0.05) is 37.3 Å². The quantitative estimate of drug-likeness (QED) is 0.740. The summed E-state index contributed by atoms with van der Waals surface area (Å²) in [5.41, 5.74) is 1.22. The van der Waals surface area contributed by atoms with Gasteiger partial charge >= 0.3 is 0 Å². The second-order valence-corrected chi connectivity index (χ2v) is 4.77. The van der Waals surface area contributed by atoms with E-state index >= 15 is 0 Å². The van der Waals surface area contributed by atoms with Crippen molar-refractivity contribution >= 4 is 17.5 Å². The summed E-state index contributed by atoms with van der Waals surface area (Å²) in [5.74, 6) is 0.275. The summed E-state index contributed by atoms with van der Waals surface area (Å²) in [7, 11) is 3.45. The van der Waals surface area contributed by atoms with Crippen LogP contribution in [0.4, 0.5) is 0 Å². The highest BCUT2D eigenvalue weighted by Gasteiger charge is 2.20. The van der Waals surface area contributed by atoms with Crippen LogP contribution >= 0.6 is 11.6 Å². The molecule has 1 aromatic carbocycles. The van der Waals surface area contributed by atoms with E-state index in [1.807, 2.05) is 18.2 Å². The molecule has 3 heteroatoms. The third-order valence-corrected chi connectivity index (χ3v) is 3.00. The molecule has 2 nitrogen and oxygen atoms in total. The van der Waals surface area contributed by atoms with Crippen molar-refractivity contribution in [3.63, 3.8) is 0 Å². The maximum absolute atomic E-state index is 11.6. The average molecular weight is 240 g/mol. The van der Waals surface area contributed by atoms with Crippen molar-refractivity contribution < 1.29 is 4.79 Å². The molecule has 1 rings (SSSR count). The fourth-order valence-corrected chi connectivity index (χ4v) is 2.07. The Balaban J connectivity index is 2.58. The van der Waals surface area contributed by atoms with Crippen molar-refractivity contribution in [3.05, 3.63) is 35.9 Å². The fraction of sp³-hybridized carbons (Fsp3) is 0.462. The van der Waals surface area contributed by atoms with Gasteiger partial charge in [-0.05, 0) is 17.9 Å². The van der Waals surface area contributed by atoms with Gasteiger partial charge in [-0.2, -0.15) is 0 Å². The van der Waals surface area contributed by atoms with Crippen LogP contribution in [0, 0.1) is 0 Å². The lowest BCUT2D eigenvalue weighted by Crippen LogP contribution is -2.31. The number of carbonyl (C=O) groups excluding carboxylic acids is 1. The number of amides is 1.